The zero-order valence-electron chi connectivity index (χ0n) is 11.5. The van der Waals surface area contributed by atoms with Crippen molar-refractivity contribution < 1.29 is 4.39 Å². The van der Waals surface area contributed by atoms with Crippen LogP contribution >= 0.6 is 27.5 Å². The topological polar surface area (TPSA) is 12.9 Å². The van der Waals surface area contributed by atoms with E-state index in [-0.39, 0.29) is 5.82 Å². The Morgan fingerprint density at radius 1 is 1.14 bits per heavy atom. The van der Waals surface area contributed by atoms with Crippen LogP contribution in [0, 0.1) is 19.7 Å². The molecule has 1 nitrogen and oxygen atoms in total. The molecule has 4 heteroatoms. The van der Waals surface area contributed by atoms with Crippen molar-refractivity contribution in [2.45, 2.75) is 13.8 Å². The maximum Gasteiger partial charge on any atom is 0.148 e. The molecule has 0 aliphatic rings. The number of benzene rings is 2. The van der Waals surface area contributed by atoms with Gasteiger partial charge in [-0.25, -0.2) is 9.37 Å². The van der Waals surface area contributed by atoms with Crippen molar-refractivity contribution in [1.82, 2.24) is 4.98 Å². The first kappa shape index (κ1) is 14.5. The van der Waals surface area contributed by atoms with Gasteiger partial charge in [-0.05, 0) is 47.0 Å². The Balaban J connectivity index is 2.44. The number of halogens is 3. The molecule has 1 heterocycles. The van der Waals surface area contributed by atoms with Crippen LogP contribution in [0.1, 0.15) is 11.1 Å². The summed E-state index contributed by atoms with van der Waals surface area (Å²) in [6.45, 7) is 3.77. The van der Waals surface area contributed by atoms with Crippen molar-refractivity contribution >= 4 is 38.4 Å². The maximum absolute atomic E-state index is 14.4. The molecule has 0 saturated heterocycles. The summed E-state index contributed by atoms with van der Waals surface area (Å²) in [7, 11) is 0. The lowest BCUT2D eigenvalue weighted by molar-refractivity contribution is 0.632. The Morgan fingerprint density at radius 2 is 1.81 bits per heavy atom. The predicted octanol–water partition coefficient (Wildman–Crippen LogP) is 6.07. The monoisotopic (exact) mass is 363 g/mol. The highest BCUT2D eigenvalue weighted by Gasteiger charge is 2.18. The Bertz CT molecular complexity index is 847. The zero-order chi connectivity index (χ0) is 15.1. The van der Waals surface area contributed by atoms with Crippen molar-refractivity contribution in [1.29, 1.82) is 0 Å². The number of pyridine rings is 1. The fourth-order valence-corrected chi connectivity index (χ4v) is 3.25. The van der Waals surface area contributed by atoms with E-state index in [9.17, 15) is 4.39 Å². The van der Waals surface area contributed by atoms with Crippen LogP contribution in [0.15, 0.2) is 40.9 Å². The summed E-state index contributed by atoms with van der Waals surface area (Å²) < 4.78 is 14.8. The summed E-state index contributed by atoms with van der Waals surface area (Å²) in [4.78, 5) is 4.66. The SMILES string of the molecule is Cc1c(-c2ccccc2)nc2c(C)cc(Br)c(F)c2c1Cl. The Morgan fingerprint density at radius 3 is 2.48 bits per heavy atom. The van der Waals surface area contributed by atoms with E-state index < -0.39 is 0 Å². The number of aryl methyl sites for hydroxylation is 1. The highest BCUT2D eigenvalue weighted by molar-refractivity contribution is 9.10. The second kappa shape index (κ2) is 5.39. The molecule has 1 aromatic heterocycles. The molecule has 21 heavy (non-hydrogen) atoms. The molecule has 0 radical (unpaired) electrons. The van der Waals surface area contributed by atoms with Crippen LogP contribution in [0.4, 0.5) is 4.39 Å². The van der Waals surface area contributed by atoms with Gasteiger partial charge in [-0.1, -0.05) is 41.9 Å². The Kier molecular flexibility index (Phi) is 3.72. The summed E-state index contributed by atoms with van der Waals surface area (Å²) in [5.41, 5.74) is 4.04. The number of hydrogen-bond donors (Lipinski definition) is 0. The van der Waals surface area contributed by atoms with E-state index in [0.717, 1.165) is 22.4 Å². The van der Waals surface area contributed by atoms with Gasteiger partial charge in [-0.3, -0.25) is 0 Å². The first-order chi connectivity index (χ1) is 10.0. The molecule has 0 N–H and O–H groups in total. The van der Waals surface area contributed by atoms with E-state index in [1.165, 1.54) is 0 Å². The van der Waals surface area contributed by atoms with Gasteiger partial charge in [0.05, 0.1) is 26.1 Å². The Hall–Kier alpha value is -1.45. The molecule has 0 atom stereocenters. The molecule has 0 aliphatic carbocycles. The number of nitrogens with zero attached hydrogens (tertiary/aromatic N) is 1. The van der Waals surface area contributed by atoms with Crippen LogP contribution in [-0.4, -0.2) is 4.98 Å². The van der Waals surface area contributed by atoms with Gasteiger partial charge in [0, 0.05) is 5.56 Å². The molecule has 0 fully saturated rings. The fourth-order valence-electron chi connectivity index (χ4n) is 2.45. The molecule has 0 amide bonds. The van der Waals surface area contributed by atoms with E-state index in [1.807, 2.05) is 44.2 Å². The van der Waals surface area contributed by atoms with Crippen LogP contribution in [0.3, 0.4) is 0 Å². The van der Waals surface area contributed by atoms with Gasteiger partial charge in [-0.2, -0.15) is 0 Å². The van der Waals surface area contributed by atoms with Gasteiger partial charge >= 0.3 is 0 Å². The number of rotatable bonds is 1. The maximum atomic E-state index is 14.4. The van der Waals surface area contributed by atoms with E-state index in [1.54, 1.807) is 6.07 Å². The first-order valence-electron chi connectivity index (χ1n) is 6.50. The molecule has 2 aromatic carbocycles. The average molecular weight is 365 g/mol. The predicted molar refractivity (Wildman–Crippen MR) is 89.3 cm³/mol. The largest absolute Gasteiger partial charge is 0.247 e. The highest BCUT2D eigenvalue weighted by atomic mass is 79.9. The molecule has 3 aromatic rings. The minimum absolute atomic E-state index is 0.365. The smallest absolute Gasteiger partial charge is 0.148 e. The average Bonchev–Trinajstić information content (AvgIpc) is 2.48. The number of aromatic nitrogens is 1. The molecule has 0 aliphatic heterocycles. The summed E-state index contributed by atoms with van der Waals surface area (Å²) in [6, 6.07) is 11.5. The number of fused-ring (bicyclic) bond motifs is 1. The standard InChI is InChI=1S/C17H12BrClFN/c1-9-8-12(18)15(20)13-14(19)10(2)17(21-16(9)13)11-6-4-3-5-7-11/h3-8H,1-2H3. The van der Waals surface area contributed by atoms with Gasteiger partial charge in [0.15, 0.2) is 0 Å². The summed E-state index contributed by atoms with van der Waals surface area (Å²) >= 11 is 9.66. The van der Waals surface area contributed by atoms with Crippen LogP contribution in [0.25, 0.3) is 22.2 Å². The summed E-state index contributed by atoms with van der Waals surface area (Å²) in [5, 5.41) is 0.793. The minimum Gasteiger partial charge on any atom is -0.247 e. The van der Waals surface area contributed by atoms with Crippen molar-refractivity contribution in [2.75, 3.05) is 0 Å². The normalized spacial score (nSPS) is 11.1. The van der Waals surface area contributed by atoms with Gasteiger partial charge < -0.3 is 0 Å². The van der Waals surface area contributed by atoms with Crippen molar-refractivity contribution in [3.05, 3.63) is 62.8 Å². The van der Waals surface area contributed by atoms with E-state index in [0.29, 0.717) is 20.4 Å². The number of hydrogen-bond acceptors (Lipinski definition) is 1. The third-order valence-electron chi connectivity index (χ3n) is 3.56. The van der Waals surface area contributed by atoms with E-state index >= 15 is 0 Å². The lowest BCUT2D eigenvalue weighted by Gasteiger charge is -2.13. The molecular weight excluding hydrogens is 353 g/mol. The second-order valence-corrected chi connectivity index (χ2v) is 6.21. The molecule has 0 unspecified atom stereocenters. The minimum atomic E-state index is -0.365. The zero-order valence-corrected chi connectivity index (χ0v) is 13.9. The Labute approximate surface area is 135 Å². The molecular formula is C17H12BrClFN. The summed E-state index contributed by atoms with van der Waals surface area (Å²) in [5.74, 6) is -0.365. The van der Waals surface area contributed by atoms with E-state index in [2.05, 4.69) is 20.9 Å². The third-order valence-corrected chi connectivity index (χ3v) is 4.61. The van der Waals surface area contributed by atoms with Crippen molar-refractivity contribution in [3.8, 4) is 11.3 Å². The molecule has 106 valence electrons. The van der Waals surface area contributed by atoms with Gasteiger partial charge in [0.25, 0.3) is 0 Å². The lowest BCUT2D eigenvalue weighted by atomic mass is 10.0. The third kappa shape index (κ3) is 2.34. The van der Waals surface area contributed by atoms with Crippen LogP contribution in [-0.2, 0) is 0 Å². The van der Waals surface area contributed by atoms with E-state index in [4.69, 9.17) is 11.6 Å². The molecule has 0 bridgehead atoms. The quantitative estimate of drug-likeness (QED) is 0.510. The molecule has 3 rings (SSSR count). The molecule has 0 spiro atoms. The first-order valence-corrected chi connectivity index (χ1v) is 7.67. The van der Waals surface area contributed by atoms with Gasteiger partial charge in [0.2, 0.25) is 0 Å². The van der Waals surface area contributed by atoms with Gasteiger partial charge in [0.1, 0.15) is 5.82 Å². The molecule has 0 saturated carbocycles. The highest BCUT2D eigenvalue weighted by Crippen LogP contribution is 2.37. The van der Waals surface area contributed by atoms with Crippen LogP contribution in [0.5, 0.6) is 0 Å². The van der Waals surface area contributed by atoms with Crippen LogP contribution < -0.4 is 0 Å². The van der Waals surface area contributed by atoms with Crippen LogP contribution in [0.2, 0.25) is 5.02 Å². The fraction of sp³-hybridized carbons (Fsp3) is 0.118. The second-order valence-electron chi connectivity index (χ2n) is 4.98. The lowest BCUT2D eigenvalue weighted by Crippen LogP contribution is -1.97. The van der Waals surface area contributed by atoms with Gasteiger partial charge in [-0.15, -0.1) is 0 Å². The van der Waals surface area contributed by atoms with Crippen molar-refractivity contribution in [3.63, 3.8) is 0 Å². The van der Waals surface area contributed by atoms with Crippen molar-refractivity contribution in [2.24, 2.45) is 0 Å². The summed E-state index contributed by atoms with van der Waals surface area (Å²) in [6.07, 6.45) is 0.